The number of imide groups is 1. The third-order valence-corrected chi connectivity index (χ3v) is 6.61. The molecule has 1 saturated heterocycles. The van der Waals surface area contributed by atoms with Crippen LogP contribution in [0.2, 0.25) is 0 Å². The van der Waals surface area contributed by atoms with Gasteiger partial charge in [-0.2, -0.15) is 0 Å². The van der Waals surface area contributed by atoms with Crippen LogP contribution in [-0.2, 0) is 17.6 Å². The van der Waals surface area contributed by atoms with Gasteiger partial charge in [0.1, 0.15) is 0 Å². The summed E-state index contributed by atoms with van der Waals surface area (Å²) >= 11 is 1.07. The Morgan fingerprint density at radius 3 is 2.19 bits per heavy atom. The van der Waals surface area contributed by atoms with Crippen molar-refractivity contribution in [2.45, 2.75) is 18.1 Å². The lowest BCUT2D eigenvalue weighted by Crippen LogP contribution is -2.25. The standard InChI is InChI=1S/C27H21NO2S/c29-26-25(31-27(30)28-26)17-18-8-11-22(12-9-18)24-7-3-4-19(15-24)14-20-10-13-21-5-1-2-6-23(21)16-20/h1-13,15-16,25H,14,17H2,(H,28,29,30). The van der Waals surface area contributed by atoms with Crippen LogP contribution in [0.25, 0.3) is 21.9 Å². The number of carbonyl (C=O) groups is 2. The minimum Gasteiger partial charge on any atom is -0.286 e. The minimum atomic E-state index is -0.330. The van der Waals surface area contributed by atoms with Gasteiger partial charge >= 0.3 is 0 Å². The first kappa shape index (κ1) is 19.6. The van der Waals surface area contributed by atoms with E-state index in [0.29, 0.717) is 6.42 Å². The van der Waals surface area contributed by atoms with E-state index in [2.05, 4.69) is 84.2 Å². The maximum absolute atomic E-state index is 11.8. The van der Waals surface area contributed by atoms with Crippen molar-refractivity contribution in [3.05, 3.63) is 108 Å². The van der Waals surface area contributed by atoms with Crippen molar-refractivity contribution in [1.29, 1.82) is 0 Å². The number of hydrogen-bond acceptors (Lipinski definition) is 3. The van der Waals surface area contributed by atoms with E-state index in [1.165, 1.54) is 27.5 Å². The molecule has 1 fully saturated rings. The van der Waals surface area contributed by atoms with Gasteiger partial charge in [0, 0.05) is 0 Å². The summed E-state index contributed by atoms with van der Waals surface area (Å²) in [5, 5.41) is 4.29. The highest BCUT2D eigenvalue weighted by Crippen LogP contribution is 2.26. The molecule has 31 heavy (non-hydrogen) atoms. The minimum absolute atomic E-state index is 0.194. The Hall–Kier alpha value is -3.37. The number of carbonyl (C=O) groups excluding carboxylic acids is 2. The number of thioether (sulfide) groups is 1. The Morgan fingerprint density at radius 2 is 1.42 bits per heavy atom. The second kappa shape index (κ2) is 8.40. The van der Waals surface area contributed by atoms with Gasteiger partial charge in [0.15, 0.2) is 0 Å². The number of amides is 2. The van der Waals surface area contributed by atoms with Gasteiger partial charge in [-0.25, -0.2) is 0 Å². The molecular formula is C27H21NO2S. The molecule has 0 radical (unpaired) electrons. The van der Waals surface area contributed by atoms with Crippen molar-refractivity contribution in [2.24, 2.45) is 0 Å². The normalized spacial score (nSPS) is 15.9. The molecule has 1 N–H and O–H groups in total. The van der Waals surface area contributed by atoms with Crippen LogP contribution >= 0.6 is 11.8 Å². The average molecular weight is 424 g/mol. The topological polar surface area (TPSA) is 46.2 Å². The predicted molar refractivity (Wildman–Crippen MR) is 127 cm³/mol. The van der Waals surface area contributed by atoms with Gasteiger partial charge in [-0.1, -0.05) is 103 Å². The summed E-state index contributed by atoms with van der Waals surface area (Å²) < 4.78 is 0. The molecule has 0 aliphatic carbocycles. The predicted octanol–water partition coefficient (Wildman–Crippen LogP) is 5.99. The molecule has 152 valence electrons. The molecule has 3 nitrogen and oxygen atoms in total. The van der Waals surface area contributed by atoms with E-state index in [9.17, 15) is 9.59 Å². The van der Waals surface area contributed by atoms with Gasteiger partial charge in [-0.15, -0.1) is 0 Å². The molecule has 1 unspecified atom stereocenters. The Balaban J connectivity index is 1.32. The number of rotatable bonds is 5. The monoisotopic (exact) mass is 423 g/mol. The van der Waals surface area contributed by atoms with E-state index in [4.69, 9.17) is 0 Å². The van der Waals surface area contributed by atoms with Crippen molar-refractivity contribution in [2.75, 3.05) is 0 Å². The Kier molecular flexibility index (Phi) is 5.31. The second-order valence-electron chi connectivity index (χ2n) is 7.84. The average Bonchev–Trinajstić information content (AvgIpc) is 3.11. The van der Waals surface area contributed by atoms with E-state index >= 15 is 0 Å². The first-order valence-electron chi connectivity index (χ1n) is 10.3. The van der Waals surface area contributed by atoms with Crippen LogP contribution in [0.5, 0.6) is 0 Å². The molecule has 4 heteroatoms. The van der Waals surface area contributed by atoms with Crippen LogP contribution in [0, 0.1) is 0 Å². The highest BCUT2D eigenvalue weighted by Gasteiger charge is 2.31. The fraction of sp³-hybridized carbons (Fsp3) is 0.111. The molecule has 1 heterocycles. The lowest BCUT2D eigenvalue weighted by molar-refractivity contribution is -0.118. The summed E-state index contributed by atoms with van der Waals surface area (Å²) in [6.45, 7) is 0. The van der Waals surface area contributed by atoms with Crippen molar-refractivity contribution in [3.63, 3.8) is 0 Å². The zero-order valence-corrected chi connectivity index (χ0v) is 17.7. The molecule has 4 aromatic rings. The summed E-state index contributed by atoms with van der Waals surface area (Å²) in [7, 11) is 0. The van der Waals surface area contributed by atoms with Gasteiger partial charge in [0.05, 0.1) is 5.25 Å². The SMILES string of the molecule is O=C1NC(=O)C(Cc2ccc(-c3cccc(Cc4ccc5ccccc5c4)c3)cc2)S1. The Bertz CT molecular complexity index is 1280. The van der Waals surface area contributed by atoms with Gasteiger partial charge in [0.2, 0.25) is 5.91 Å². The molecule has 4 aromatic carbocycles. The van der Waals surface area contributed by atoms with E-state index in [1.807, 2.05) is 12.1 Å². The Morgan fingerprint density at radius 1 is 0.677 bits per heavy atom. The first-order chi connectivity index (χ1) is 15.1. The molecule has 0 bridgehead atoms. The summed E-state index contributed by atoms with van der Waals surface area (Å²) in [6.07, 6.45) is 1.45. The summed E-state index contributed by atoms with van der Waals surface area (Å²) in [6, 6.07) is 32.0. The van der Waals surface area contributed by atoms with E-state index < -0.39 is 0 Å². The zero-order chi connectivity index (χ0) is 21.2. The molecule has 5 rings (SSSR count). The van der Waals surface area contributed by atoms with Crippen LogP contribution in [0.1, 0.15) is 16.7 Å². The quantitative estimate of drug-likeness (QED) is 0.429. The Labute approximate surface area is 185 Å². The van der Waals surface area contributed by atoms with Gasteiger partial charge in [-0.05, 0) is 51.4 Å². The van der Waals surface area contributed by atoms with Gasteiger partial charge in [0.25, 0.3) is 5.24 Å². The third-order valence-electron chi connectivity index (χ3n) is 5.62. The molecule has 0 spiro atoms. The van der Waals surface area contributed by atoms with Crippen molar-refractivity contribution >= 4 is 33.7 Å². The van der Waals surface area contributed by atoms with Gasteiger partial charge in [-0.3, -0.25) is 14.9 Å². The smallest absolute Gasteiger partial charge is 0.286 e. The second-order valence-corrected chi connectivity index (χ2v) is 9.02. The highest BCUT2D eigenvalue weighted by atomic mass is 32.2. The van der Waals surface area contributed by atoms with Crippen molar-refractivity contribution in [1.82, 2.24) is 5.32 Å². The number of benzene rings is 4. The van der Waals surface area contributed by atoms with Crippen molar-refractivity contribution < 1.29 is 9.59 Å². The zero-order valence-electron chi connectivity index (χ0n) is 16.9. The molecule has 0 saturated carbocycles. The molecule has 1 aliphatic heterocycles. The maximum Gasteiger partial charge on any atom is 0.286 e. The largest absolute Gasteiger partial charge is 0.286 e. The number of nitrogens with one attached hydrogen (secondary N) is 1. The summed E-state index contributed by atoms with van der Waals surface area (Å²) in [5.74, 6) is -0.194. The summed E-state index contributed by atoms with van der Waals surface area (Å²) in [4.78, 5) is 23.1. The van der Waals surface area contributed by atoms with E-state index in [0.717, 1.165) is 29.3 Å². The molecule has 2 amide bonds. The first-order valence-corrected chi connectivity index (χ1v) is 11.2. The lowest BCUT2D eigenvalue weighted by atomic mass is 9.97. The highest BCUT2D eigenvalue weighted by molar-refractivity contribution is 8.15. The maximum atomic E-state index is 11.8. The third kappa shape index (κ3) is 4.39. The fourth-order valence-electron chi connectivity index (χ4n) is 4.02. The molecule has 1 aliphatic rings. The summed E-state index contributed by atoms with van der Waals surface area (Å²) in [5.41, 5.74) is 5.94. The van der Waals surface area contributed by atoms with Crippen LogP contribution in [0.4, 0.5) is 4.79 Å². The van der Waals surface area contributed by atoms with Gasteiger partial charge < -0.3 is 0 Å². The van der Waals surface area contributed by atoms with E-state index in [-0.39, 0.29) is 16.4 Å². The number of fused-ring (bicyclic) bond motifs is 1. The molecular weight excluding hydrogens is 402 g/mol. The van der Waals surface area contributed by atoms with Crippen LogP contribution in [-0.4, -0.2) is 16.4 Å². The van der Waals surface area contributed by atoms with Crippen LogP contribution in [0.3, 0.4) is 0 Å². The van der Waals surface area contributed by atoms with E-state index in [1.54, 1.807) is 0 Å². The number of hydrogen-bond donors (Lipinski definition) is 1. The fourth-order valence-corrected chi connectivity index (χ4v) is 4.88. The molecule has 0 aromatic heterocycles. The molecule has 1 atom stereocenters. The van der Waals surface area contributed by atoms with Crippen LogP contribution < -0.4 is 5.32 Å². The van der Waals surface area contributed by atoms with Crippen LogP contribution in [0.15, 0.2) is 91.0 Å². The lowest BCUT2D eigenvalue weighted by Gasteiger charge is -2.09. The van der Waals surface area contributed by atoms with Crippen molar-refractivity contribution in [3.8, 4) is 11.1 Å².